The van der Waals surface area contributed by atoms with Crippen molar-refractivity contribution in [3.63, 3.8) is 0 Å². The van der Waals surface area contributed by atoms with Gasteiger partial charge in [0.2, 0.25) is 11.9 Å². The molecule has 7 heterocycles. The first kappa shape index (κ1) is 34.0. The SMILES string of the molecule is Nc1nc2c(ncn2[C@@H]2O[C@H]3COP(=O)([O-])O[C@@H]4C[C@H](n5cnc6c(=O)[nH]c(NP(=O)(O)O)nc65)O[C@@H]4COP(=O)([O-])O[C@@H]3C2O)c(=O)[nH]1. The normalized spacial score (nSPS) is 34.3. The minimum absolute atomic E-state index is 0.151. The van der Waals surface area contributed by atoms with Crippen LogP contribution in [-0.4, -0.2) is 97.7 Å². The van der Waals surface area contributed by atoms with Crippen LogP contribution in [-0.2, 0) is 41.3 Å². The lowest BCUT2D eigenvalue weighted by Gasteiger charge is -2.34. The van der Waals surface area contributed by atoms with E-state index in [-0.39, 0.29) is 34.7 Å². The summed E-state index contributed by atoms with van der Waals surface area (Å²) in [6, 6.07) is 0. The summed E-state index contributed by atoms with van der Waals surface area (Å²) in [5, 5.41) is 12.8. The summed E-state index contributed by atoms with van der Waals surface area (Å²) in [5.41, 5.74) is 3.13. The molecule has 3 aliphatic rings. The number of H-pyrrole nitrogens is 2. The summed E-state index contributed by atoms with van der Waals surface area (Å²) in [7, 11) is -15.5. The smallest absolute Gasteiger partial charge is 0.429 e. The second kappa shape index (κ2) is 12.1. The van der Waals surface area contributed by atoms with Gasteiger partial charge in [0.25, 0.3) is 26.8 Å². The van der Waals surface area contributed by atoms with Gasteiger partial charge < -0.3 is 58.0 Å². The molecule has 3 saturated heterocycles. The summed E-state index contributed by atoms with van der Waals surface area (Å²) >= 11 is 0. The number of aromatic nitrogens is 8. The van der Waals surface area contributed by atoms with Gasteiger partial charge in [0.1, 0.15) is 30.6 Å². The highest BCUT2D eigenvalue weighted by atomic mass is 31.2. The van der Waals surface area contributed by atoms with Gasteiger partial charge in [-0.1, -0.05) is 0 Å². The number of anilines is 2. The number of nitrogens with two attached hydrogens (primary N) is 1. The lowest BCUT2D eigenvalue weighted by Crippen LogP contribution is -2.39. The molecule has 0 bridgehead atoms. The van der Waals surface area contributed by atoms with E-state index < -0.39 is 96.6 Å². The van der Waals surface area contributed by atoms with E-state index in [1.165, 1.54) is 0 Å². The van der Waals surface area contributed by atoms with E-state index in [9.17, 15) is 48.0 Å². The fourth-order valence-corrected chi connectivity index (χ4v) is 7.78. The minimum atomic E-state index is -5.35. The van der Waals surface area contributed by atoms with Gasteiger partial charge in [0.15, 0.2) is 28.6 Å². The van der Waals surface area contributed by atoms with Crippen LogP contribution < -0.4 is 31.7 Å². The van der Waals surface area contributed by atoms with E-state index in [1.807, 2.05) is 0 Å². The first-order chi connectivity index (χ1) is 23.0. The van der Waals surface area contributed by atoms with Crippen LogP contribution in [0.3, 0.4) is 0 Å². The van der Waals surface area contributed by atoms with E-state index in [1.54, 1.807) is 5.09 Å². The van der Waals surface area contributed by atoms with Crippen molar-refractivity contribution in [1.82, 2.24) is 39.0 Å². The molecule has 4 aromatic rings. The number of phosphoric ester groups is 2. The van der Waals surface area contributed by atoms with Crippen molar-refractivity contribution in [2.75, 3.05) is 24.0 Å². The molecule has 3 fully saturated rings. The van der Waals surface area contributed by atoms with E-state index >= 15 is 0 Å². The molecule has 0 spiro atoms. The zero-order chi connectivity index (χ0) is 35.0. The van der Waals surface area contributed by atoms with E-state index in [4.69, 9.17) is 33.3 Å². The van der Waals surface area contributed by atoms with Gasteiger partial charge in [0, 0.05) is 6.42 Å². The molecule has 0 aromatic carbocycles. The van der Waals surface area contributed by atoms with Crippen LogP contribution in [0.1, 0.15) is 18.9 Å². The molecule has 7 rings (SSSR count). The minimum Gasteiger partial charge on any atom is -0.756 e. The predicted molar refractivity (Wildman–Crippen MR) is 152 cm³/mol. The van der Waals surface area contributed by atoms with Crippen LogP contribution in [0, 0.1) is 0 Å². The number of aromatic amines is 2. The summed E-state index contributed by atoms with van der Waals surface area (Å²) in [6.07, 6.45) is -9.16. The Hall–Kier alpha value is -3.45. The third-order valence-corrected chi connectivity index (χ3v) is 9.98. The Morgan fingerprint density at radius 3 is 2.22 bits per heavy atom. The Kier molecular flexibility index (Phi) is 8.40. The molecule has 0 amide bonds. The van der Waals surface area contributed by atoms with Crippen LogP contribution >= 0.6 is 23.4 Å². The lowest BCUT2D eigenvalue weighted by atomic mass is 10.1. The van der Waals surface area contributed by atoms with Crippen LogP contribution in [0.15, 0.2) is 22.2 Å². The second-order valence-electron chi connectivity index (χ2n) is 10.8. The van der Waals surface area contributed by atoms with Crippen molar-refractivity contribution in [2.45, 2.75) is 49.4 Å². The van der Waals surface area contributed by atoms with Crippen LogP contribution in [0.5, 0.6) is 0 Å². The number of nitrogens with one attached hydrogen (secondary N) is 3. The van der Waals surface area contributed by atoms with Gasteiger partial charge >= 0.3 is 7.75 Å². The van der Waals surface area contributed by atoms with Crippen molar-refractivity contribution in [1.29, 1.82) is 0 Å². The molecule has 0 radical (unpaired) electrons. The lowest BCUT2D eigenvalue weighted by molar-refractivity contribution is -0.243. The predicted octanol–water partition coefficient (Wildman–Crippen LogP) is -3.36. The number of hydrogen-bond donors (Lipinski definition) is 7. The average molecular weight is 752 g/mol. The van der Waals surface area contributed by atoms with Crippen LogP contribution in [0.2, 0.25) is 0 Å². The number of phosphoric acid groups is 2. The number of fused-ring (bicyclic) bond motifs is 4. The highest BCUT2D eigenvalue weighted by Gasteiger charge is 2.49. The fourth-order valence-electron chi connectivity index (χ4n) is 5.51. The largest absolute Gasteiger partial charge is 0.756 e. The molecule has 4 aromatic heterocycles. The first-order valence-electron chi connectivity index (χ1n) is 13.8. The average Bonchev–Trinajstić information content (AvgIpc) is 3.75. The van der Waals surface area contributed by atoms with Crippen LogP contribution in [0.25, 0.3) is 22.3 Å². The number of aliphatic hydroxyl groups excluding tert-OH is 1. The summed E-state index contributed by atoms with van der Waals surface area (Å²) in [5.74, 6) is -0.923. The fraction of sp³-hybridized carbons (Fsp3) is 0.500. The van der Waals surface area contributed by atoms with Crippen molar-refractivity contribution in [3.05, 3.63) is 33.4 Å². The van der Waals surface area contributed by atoms with Crippen molar-refractivity contribution >= 4 is 57.6 Å². The molecule has 9 atom stereocenters. The Labute approximate surface area is 269 Å². The maximum absolute atomic E-state index is 13.0. The monoisotopic (exact) mass is 752 g/mol. The van der Waals surface area contributed by atoms with E-state index in [0.29, 0.717) is 0 Å². The standard InChI is InChI=1S/C20H25N10O16P3/c21-19-24-14-10(16(32)26-19)23-5-30(14)18-12(31)13-8(44-18)3-42-48(37,38)45-6-1-9(43-7(6)2-41-49(39,40)46-13)29-4-22-11-15(29)25-20(27-17(11)33)28-47(34,35)36/h4-9,12-13,18,31H,1-3H2,(H,37,38)(H,39,40)(H3,21,24,26,32)(H4,25,27,28,33,34,35,36)/p-2/t6-,7-,8+,9-,12?,13+,18-/m1/s1. The zero-order valence-electron chi connectivity index (χ0n) is 24.1. The number of hydrogen-bond acceptors (Lipinski definition) is 19. The Morgan fingerprint density at radius 1 is 0.918 bits per heavy atom. The quantitative estimate of drug-likeness (QED) is 0.100. The highest BCUT2D eigenvalue weighted by molar-refractivity contribution is 7.53. The molecule has 3 aliphatic heterocycles. The summed E-state index contributed by atoms with van der Waals surface area (Å²) in [6.45, 7) is -1.82. The van der Waals surface area contributed by atoms with Gasteiger partial charge in [-0.25, -0.2) is 14.5 Å². The van der Waals surface area contributed by atoms with E-state index in [2.05, 4.69) is 29.9 Å². The Bertz CT molecular complexity index is 2200. The maximum atomic E-state index is 13.0. The zero-order valence-corrected chi connectivity index (χ0v) is 26.8. The number of ether oxygens (including phenoxy) is 2. The molecular formula is C20H23N10O16P3-2. The van der Waals surface area contributed by atoms with Crippen LogP contribution in [0.4, 0.5) is 11.9 Å². The topological polar surface area (TPSA) is 379 Å². The van der Waals surface area contributed by atoms with Gasteiger partial charge in [0.05, 0.1) is 32.0 Å². The molecule has 49 heavy (non-hydrogen) atoms. The molecule has 8 N–H and O–H groups in total. The molecule has 266 valence electrons. The number of aliphatic hydroxyl groups is 1. The Morgan fingerprint density at radius 2 is 1.53 bits per heavy atom. The molecule has 3 unspecified atom stereocenters. The van der Waals surface area contributed by atoms with Gasteiger partial charge in [-0.3, -0.25) is 42.9 Å². The number of imidazole rings is 2. The maximum Gasteiger partial charge on any atom is 0.429 e. The van der Waals surface area contributed by atoms with Gasteiger partial charge in [-0.15, -0.1) is 0 Å². The number of nitrogen functional groups attached to an aromatic ring is 1. The second-order valence-corrected chi connectivity index (χ2v) is 14.8. The number of rotatable bonds is 4. The van der Waals surface area contributed by atoms with Gasteiger partial charge in [-0.2, -0.15) is 9.97 Å². The highest BCUT2D eigenvalue weighted by Crippen LogP contribution is 2.50. The third-order valence-electron chi connectivity index (χ3n) is 7.52. The Balaban J connectivity index is 1.15. The third kappa shape index (κ3) is 6.72. The van der Waals surface area contributed by atoms with E-state index in [0.717, 1.165) is 21.8 Å². The van der Waals surface area contributed by atoms with Crippen molar-refractivity contribution < 1.29 is 65.9 Å². The number of nitrogens with zero attached hydrogens (tertiary/aromatic N) is 6. The molecule has 26 nitrogen and oxygen atoms in total. The molecule has 0 saturated carbocycles. The van der Waals surface area contributed by atoms with Crippen molar-refractivity contribution in [3.8, 4) is 0 Å². The molecule has 29 heteroatoms. The molecule has 0 aliphatic carbocycles. The first-order valence-corrected chi connectivity index (χ1v) is 18.3. The molecular weight excluding hydrogens is 729 g/mol. The van der Waals surface area contributed by atoms with Gasteiger partial charge in [-0.05, 0) is 0 Å². The summed E-state index contributed by atoms with van der Waals surface area (Å²) < 4.78 is 71.4. The summed E-state index contributed by atoms with van der Waals surface area (Å²) in [4.78, 5) is 89.1. The van der Waals surface area contributed by atoms with Crippen molar-refractivity contribution in [2.24, 2.45) is 0 Å².